The Kier molecular flexibility index (Phi) is 5.91. The lowest BCUT2D eigenvalue weighted by atomic mass is 10.1. The summed E-state index contributed by atoms with van der Waals surface area (Å²) in [5.74, 6) is 1.33. The van der Waals surface area contributed by atoms with Crippen LogP contribution in [-0.2, 0) is 11.3 Å². The smallest absolute Gasteiger partial charge is 0.244 e. The lowest BCUT2D eigenvalue weighted by molar-refractivity contribution is -0.116. The molecule has 0 saturated carbocycles. The number of carbonyl (C=O) groups is 1. The van der Waals surface area contributed by atoms with Crippen LogP contribution in [0.25, 0.3) is 17.3 Å². The van der Waals surface area contributed by atoms with Crippen LogP contribution in [0.4, 0.5) is 0 Å². The Bertz CT molecular complexity index is 1020. The van der Waals surface area contributed by atoms with Crippen molar-refractivity contribution in [2.45, 2.75) is 19.9 Å². The summed E-state index contributed by atoms with van der Waals surface area (Å²) in [6, 6.07) is 13.8. The zero-order chi connectivity index (χ0) is 20.1. The van der Waals surface area contributed by atoms with Crippen molar-refractivity contribution in [3.63, 3.8) is 0 Å². The van der Waals surface area contributed by atoms with Gasteiger partial charge >= 0.3 is 0 Å². The maximum absolute atomic E-state index is 12.2. The van der Waals surface area contributed by atoms with Crippen molar-refractivity contribution in [2.24, 2.45) is 0 Å². The van der Waals surface area contributed by atoms with Crippen LogP contribution in [0.2, 0.25) is 0 Å². The molecule has 0 bridgehead atoms. The average Bonchev–Trinajstić information content (AvgIpc) is 3.04. The van der Waals surface area contributed by atoms with Gasteiger partial charge < -0.3 is 14.8 Å². The van der Waals surface area contributed by atoms with Crippen LogP contribution in [0.5, 0.6) is 11.5 Å². The van der Waals surface area contributed by atoms with E-state index in [4.69, 9.17) is 9.47 Å². The van der Waals surface area contributed by atoms with Gasteiger partial charge in [-0.3, -0.25) is 4.79 Å². The van der Waals surface area contributed by atoms with Gasteiger partial charge in [-0.1, -0.05) is 30.3 Å². The molecule has 1 aromatic heterocycles. The fourth-order valence-electron chi connectivity index (χ4n) is 2.99. The first-order valence-electron chi connectivity index (χ1n) is 9.54. The number of ether oxygens (including phenoxy) is 2. The number of aromatic nitrogens is 1. The predicted molar refractivity (Wildman–Crippen MR) is 115 cm³/mol. The molecule has 2 heterocycles. The summed E-state index contributed by atoms with van der Waals surface area (Å²) in [5.41, 5.74) is 4.00. The van der Waals surface area contributed by atoms with E-state index in [-0.39, 0.29) is 5.91 Å². The summed E-state index contributed by atoms with van der Waals surface area (Å²) < 4.78 is 11.3. The Morgan fingerprint density at radius 3 is 2.69 bits per heavy atom. The number of rotatable bonds is 5. The SMILES string of the molecule is Cc1nc(-c2ccc(CNC(=O)/C=C/c3ccc4c(c3)OCCCO4)cc2)cs1. The third-order valence-electron chi connectivity index (χ3n) is 4.53. The van der Waals surface area contributed by atoms with Crippen LogP contribution in [0.1, 0.15) is 22.6 Å². The molecule has 0 atom stereocenters. The van der Waals surface area contributed by atoms with E-state index in [9.17, 15) is 4.79 Å². The highest BCUT2D eigenvalue weighted by Gasteiger charge is 2.10. The molecule has 1 amide bonds. The van der Waals surface area contributed by atoms with Crippen molar-refractivity contribution in [3.05, 3.63) is 70.1 Å². The molecule has 0 saturated heterocycles. The lowest BCUT2D eigenvalue weighted by Gasteiger charge is -2.07. The summed E-state index contributed by atoms with van der Waals surface area (Å²) in [5, 5.41) is 6.01. The van der Waals surface area contributed by atoms with Crippen molar-refractivity contribution < 1.29 is 14.3 Å². The van der Waals surface area contributed by atoms with E-state index in [0.29, 0.717) is 19.8 Å². The van der Waals surface area contributed by atoms with E-state index in [1.807, 2.05) is 49.4 Å². The molecule has 6 heteroatoms. The van der Waals surface area contributed by atoms with E-state index in [1.54, 1.807) is 17.4 Å². The van der Waals surface area contributed by atoms with Crippen LogP contribution in [0.15, 0.2) is 53.9 Å². The molecule has 148 valence electrons. The zero-order valence-corrected chi connectivity index (χ0v) is 17.0. The monoisotopic (exact) mass is 406 g/mol. The van der Waals surface area contributed by atoms with Crippen LogP contribution < -0.4 is 14.8 Å². The third-order valence-corrected chi connectivity index (χ3v) is 5.31. The Morgan fingerprint density at radius 1 is 1.14 bits per heavy atom. The van der Waals surface area contributed by atoms with Crippen molar-refractivity contribution in [3.8, 4) is 22.8 Å². The number of nitrogens with one attached hydrogen (secondary N) is 1. The molecule has 3 aromatic rings. The van der Waals surface area contributed by atoms with Gasteiger partial charge in [0.05, 0.1) is 23.9 Å². The van der Waals surface area contributed by atoms with Crippen LogP contribution in [0, 0.1) is 6.92 Å². The standard InChI is InChI=1S/C23H22N2O3S/c1-16-25-20(15-29-16)19-7-3-18(4-8-19)14-24-23(26)10-6-17-5-9-21-22(13-17)28-12-2-11-27-21/h3-10,13,15H,2,11-12,14H2,1H3,(H,24,26)/b10-6+. The van der Waals surface area contributed by atoms with Gasteiger partial charge in [0.25, 0.3) is 0 Å². The van der Waals surface area contributed by atoms with Crippen LogP contribution >= 0.6 is 11.3 Å². The number of hydrogen-bond acceptors (Lipinski definition) is 5. The number of thiazole rings is 1. The maximum Gasteiger partial charge on any atom is 0.244 e. The molecule has 4 rings (SSSR count). The number of benzene rings is 2. The number of nitrogens with zero attached hydrogens (tertiary/aromatic N) is 1. The second kappa shape index (κ2) is 8.92. The molecule has 1 aliphatic heterocycles. The van der Waals surface area contributed by atoms with Gasteiger partial charge in [-0.05, 0) is 36.3 Å². The zero-order valence-electron chi connectivity index (χ0n) is 16.2. The van der Waals surface area contributed by atoms with E-state index in [0.717, 1.165) is 45.3 Å². The van der Waals surface area contributed by atoms with Gasteiger partial charge in [-0.15, -0.1) is 11.3 Å². The summed E-state index contributed by atoms with van der Waals surface area (Å²) in [4.78, 5) is 16.7. The Labute approximate surface area is 174 Å². The molecule has 2 aromatic carbocycles. The largest absolute Gasteiger partial charge is 0.490 e. The summed E-state index contributed by atoms with van der Waals surface area (Å²) >= 11 is 1.64. The molecule has 1 N–H and O–H groups in total. The van der Waals surface area contributed by atoms with Gasteiger partial charge in [0.1, 0.15) is 0 Å². The molecule has 0 unspecified atom stereocenters. The van der Waals surface area contributed by atoms with Gasteiger partial charge in [0.2, 0.25) is 5.91 Å². The first-order chi connectivity index (χ1) is 14.2. The maximum atomic E-state index is 12.2. The predicted octanol–water partition coefficient (Wildman–Crippen LogP) is 4.61. The third kappa shape index (κ3) is 5.03. The minimum Gasteiger partial charge on any atom is -0.490 e. The Hall–Kier alpha value is -3.12. The van der Waals surface area contributed by atoms with Crippen LogP contribution in [-0.4, -0.2) is 24.1 Å². The van der Waals surface area contributed by atoms with Crippen molar-refractivity contribution in [1.82, 2.24) is 10.3 Å². The van der Waals surface area contributed by atoms with Gasteiger partial charge in [-0.25, -0.2) is 4.98 Å². The topological polar surface area (TPSA) is 60.5 Å². The number of amides is 1. The number of aryl methyl sites for hydroxylation is 1. The van der Waals surface area contributed by atoms with Crippen molar-refractivity contribution in [1.29, 1.82) is 0 Å². The summed E-state index contributed by atoms with van der Waals surface area (Å²) in [6.07, 6.45) is 4.18. The Balaban J connectivity index is 1.32. The second-order valence-electron chi connectivity index (χ2n) is 6.76. The molecule has 1 aliphatic rings. The average molecular weight is 407 g/mol. The highest BCUT2D eigenvalue weighted by molar-refractivity contribution is 7.09. The first-order valence-corrected chi connectivity index (χ1v) is 10.4. The van der Waals surface area contributed by atoms with Gasteiger partial charge in [-0.2, -0.15) is 0 Å². The highest BCUT2D eigenvalue weighted by atomic mass is 32.1. The van der Waals surface area contributed by atoms with Gasteiger partial charge in [0, 0.05) is 30.0 Å². The first kappa shape index (κ1) is 19.2. The number of carbonyl (C=O) groups excluding carboxylic acids is 1. The lowest BCUT2D eigenvalue weighted by Crippen LogP contribution is -2.20. The van der Waals surface area contributed by atoms with Crippen molar-refractivity contribution in [2.75, 3.05) is 13.2 Å². The van der Waals surface area contributed by atoms with Crippen molar-refractivity contribution >= 4 is 23.3 Å². The van der Waals surface area contributed by atoms with Gasteiger partial charge in [0.15, 0.2) is 11.5 Å². The molecule has 29 heavy (non-hydrogen) atoms. The van der Waals surface area contributed by atoms with E-state index < -0.39 is 0 Å². The molecular formula is C23H22N2O3S. The second-order valence-corrected chi connectivity index (χ2v) is 7.82. The molecule has 0 fully saturated rings. The van der Waals surface area contributed by atoms with E-state index >= 15 is 0 Å². The molecule has 5 nitrogen and oxygen atoms in total. The summed E-state index contributed by atoms with van der Waals surface area (Å²) in [6.45, 7) is 3.77. The fourth-order valence-corrected chi connectivity index (χ4v) is 3.61. The summed E-state index contributed by atoms with van der Waals surface area (Å²) in [7, 11) is 0. The van der Waals surface area contributed by atoms with E-state index in [2.05, 4.69) is 15.7 Å². The fraction of sp³-hybridized carbons (Fsp3) is 0.217. The molecule has 0 aliphatic carbocycles. The molecular weight excluding hydrogens is 384 g/mol. The Morgan fingerprint density at radius 2 is 1.93 bits per heavy atom. The molecule has 0 spiro atoms. The van der Waals surface area contributed by atoms with Crippen LogP contribution in [0.3, 0.4) is 0 Å². The quantitative estimate of drug-likeness (QED) is 0.629. The number of hydrogen-bond donors (Lipinski definition) is 1. The molecule has 0 radical (unpaired) electrons. The normalized spacial score (nSPS) is 13.3. The minimum absolute atomic E-state index is 0.142. The van der Waals surface area contributed by atoms with E-state index in [1.165, 1.54) is 6.08 Å². The highest BCUT2D eigenvalue weighted by Crippen LogP contribution is 2.30. The number of fused-ring (bicyclic) bond motifs is 1. The minimum atomic E-state index is -0.142.